The van der Waals surface area contributed by atoms with Gasteiger partial charge >= 0.3 is 0 Å². The van der Waals surface area contributed by atoms with Crippen LogP contribution < -0.4 is 15.4 Å². The van der Waals surface area contributed by atoms with Crippen LogP contribution in [0.1, 0.15) is 77.3 Å². The van der Waals surface area contributed by atoms with Gasteiger partial charge in [-0.25, -0.2) is 0 Å². The smallest absolute Gasteiger partial charge is 0.291 e. The highest BCUT2D eigenvalue weighted by Crippen LogP contribution is 2.55. The minimum absolute atomic E-state index is 0.0541. The number of nitrogens with one attached hydrogen (secondary N) is 2. The van der Waals surface area contributed by atoms with Crippen LogP contribution in [0, 0.1) is 29.1 Å². The van der Waals surface area contributed by atoms with Gasteiger partial charge in [0.1, 0.15) is 11.5 Å². The maximum atomic E-state index is 13.3. The van der Waals surface area contributed by atoms with Crippen molar-refractivity contribution in [3.8, 4) is 5.88 Å². The first-order valence-electron chi connectivity index (χ1n) is 12.6. The number of amides is 2. The molecule has 4 aliphatic rings. The number of carbonyl (C=O) groups excluding carboxylic acids is 2. The Morgan fingerprint density at radius 3 is 2.53 bits per heavy atom. The second-order valence-electron chi connectivity index (χ2n) is 11.6. The van der Waals surface area contributed by atoms with Crippen LogP contribution in [0.25, 0.3) is 0 Å². The maximum absolute atomic E-state index is 13.3. The molecule has 34 heavy (non-hydrogen) atoms. The zero-order chi connectivity index (χ0) is 24.7. The lowest BCUT2D eigenvalue weighted by molar-refractivity contribution is -0.137. The van der Waals surface area contributed by atoms with E-state index in [0.717, 1.165) is 37.9 Å². The minimum atomic E-state index is -0.752. The summed E-state index contributed by atoms with van der Waals surface area (Å²) in [7, 11) is 0. The highest BCUT2D eigenvalue weighted by Gasteiger charge is 2.55. The van der Waals surface area contributed by atoms with Crippen LogP contribution in [0.4, 0.5) is 0 Å². The molecule has 0 spiro atoms. The zero-order valence-electron chi connectivity index (χ0n) is 21.0. The van der Waals surface area contributed by atoms with E-state index in [2.05, 4.69) is 29.6 Å². The minimum Gasteiger partial charge on any atom is -0.474 e. The third-order valence-corrected chi connectivity index (χ3v) is 8.93. The fourth-order valence-corrected chi connectivity index (χ4v) is 7.01. The molecule has 4 fully saturated rings. The molecule has 2 amide bonds. The Bertz CT molecular complexity index is 898. The Morgan fingerprint density at radius 2 is 1.94 bits per heavy atom. The van der Waals surface area contributed by atoms with Gasteiger partial charge in [-0.05, 0) is 81.7 Å². The molecule has 2 unspecified atom stereocenters. The van der Waals surface area contributed by atoms with Crippen molar-refractivity contribution in [1.29, 1.82) is 0 Å². The number of aromatic nitrogens is 1. The summed E-state index contributed by atoms with van der Waals surface area (Å²) in [6.07, 6.45) is 4.57. The number of hydrogen-bond acceptors (Lipinski definition) is 7. The summed E-state index contributed by atoms with van der Waals surface area (Å²) in [5.74, 6) is 2.42. The Balaban J connectivity index is 1.48. The summed E-state index contributed by atoms with van der Waals surface area (Å²) in [6.45, 7) is 10.4. The van der Waals surface area contributed by atoms with Gasteiger partial charge in [0.2, 0.25) is 11.7 Å². The number of nitrogens with zero attached hydrogens (tertiary/aromatic N) is 1. The summed E-state index contributed by atoms with van der Waals surface area (Å²) in [6, 6.07) is 0.0541. The van der Waals surface area contributed by atoms with Crippen LogP contribution in [0.2, 0.25) is 0 Å². The van der Waals surface area contributed by atoms with Gasteiger partial charge in [0.15, 0.2) is 0 Å². The summed E-state index contributed by atoms with van der Waals surface area (Å²) in [5.41, 5.74) is -1.29. The number of rotatable bonds is 10. The first kappa shape index (κ1) is 25.4. The van der Waals surface area contributed by atoms with Crippen molar-refractivity contribution in [3.05, 3.63) is 5.76 Å². The summed E-state index contributed by atoms with van der Waals surface area (Å²) < 4.78 is 11.4. The number of aliphatic hydroxyl groups is 1. The van der Waals surface area contributed by atoms with Crippen LogP contribution in [0.5, 0.6) is 5.88 Å². The first-order chi connectivity index (χ1) is 16.0. The van der Waals surface area contributed by atoms with Gasteiger partial charge < -0.3 is 25.0 Å². The third-order valence-electron chi connectivity index (χ3n) is 7.45. The van der Waals surface area contributed by atoms with E-state index in [1.165, 1.54) is 11.8 Å². The van der Waals surface area contributed by atoms with Crippen molar-refractivity contribution in [3.63, 3.8) is 0 Å². The fourth-order valence-electron chi connectivity index (χ4n) is 6.03. The first-order valence-corrected chi connectivity index (χ1v) is 13.6. The largest absolute Gasteiger partial charge is 0.474 e. The maximum Gasteiger partial charge on any atom is 0.291 e. The molecule has 2 atom stereocenters. The second-order valence-corrected chi connectivity index (χ2v) is 12.6. The van der Waals surface area contributed by atoms with Crippen LogP contribution in [-0.2, 0) is 4.79 Å². The van der Waals surface area contributed by atoms with E-state index in [4.69, 9.17) is 9.26 Å². The van der Waals surface area contributed by atoms with E-state index < -0.39 is 11.0 Å². The van der Waals surface area contributed by atoms with E-state index in [9.17, 15) is 14.7 Å². The number of hydrogen-bond donors (Lipinski definition) is 3. The van der Waals surface area contributed by atoms with E-state index in [-0.39, 0.29) is 36.1 Å². The fraction of sp³-hybridized carbons (Fsp3) is 0.800. The Morgan fingerprint density at radius 1 is 1.26 bits per heavy atom. The molecule has 0 saturated heterocycles. The lowest BCUT2D eigenvalue weighted by Gasteiger charge is -2.58. The zero-order valence-corrected chi connectivity index (χ0v) is 21.8. The lowest BCUT2D eigenvalue weighted by atomic mass is 9.52. The predicted molar refractivity (Wildman–Crippen MR) is 130 cm³/mol. The average molecular weight is 494 g/mol. The van der Waals surface area contributed by atoms with Crippen LogP contribution >= 0.6 is 11.8 Å². The van der Waals surface area contributed by atoms with Gasteiger partial charge in [0.25, 0.3) is 11.8 Å². The molecule has 3 N–H and O–H groups in total. The van der Waals surface area contributed by atoms with Gasteiger partial charge in [-0.1, -0.05) is 13.8 Å². The normalized spacial score (nSPS) is 30.0. The van der Waals surface area contributed by atoms with Crippen molar-refractivity contribution in [1.82, 2.24) is 15.8 Å². The van der Waals surface area contributed by atoms with Gasteiger partial charge in [0, 0.05) is 18.3 Å². The number of thioether (sulfide) groups is 1. The number of carbonyl (C=O) groups is 2. The molecule has 9 heteroatoms. The molecular formula is C25H39N3O5S. The Hall–Kier alpha value is -1.74. The molecule has 4 aliphatic carbocycles. The quantitative estimate of drug-likeness (QED) is 0.427. The lowest BCUT2D eigenvalue weighted by Crippen LogP contribution is -2.61. The Labute approximate surface area is 206 Å². The molecule has 1 aromatic rings. The van der Waals surface area contributed by atoms with Crippen molar-refractivity contribution < 1.29 is 24.0 Å². The molecule has 4 saturated carbocycles. The van der Waals surface area contributed by atoms with E-state index in [1.807, 2.05) is 20.8 Å². The van der Waals surface area contributed by atoms with Crippen molar-refractivity contribution in [2.45, 2.75) is 83.3 Å². The summed E-state index contributed by atoms with van der Waals surface area (Å²) >= 11 is 1.49. The molecular weight excluding hydrogens is 454 g/mol. The molecule has 0 aromatic carbocycles. The molecule has 8 nitrogen and oxygen atoms in total. The van der Waals surface area contributed by atoms with Gasteiger partial charge in [-0.3, -0.25) is 9.59 Å². The van der Waals surface area contributed by atoms with Gasteiger partial charge in [-0.15, -0.1) is 11.8 Å². The predicted octanol–water partition coefficient (Wildman–Crippen LogP) is 3.63. The second kappa shape index (κ2) is 9.72. The summed E-state index contributed by atoms with van der Waals surface area (Å²) in [4.78, 5) is 26.3. The molecule has 4 bridgehead atoms. The van der Waals surface area contributed by atoms with Crippen molar-refractivity contribution >= 4 is 23.6 Å². The topological polar surface area (TPSA) is 114 Å². The van der Waals surface area contributed by atoms with Crippen LogP contribution in [0.15, 0.2) is 9.42 Å². The third kappa shape index (κ3) is 5.25. The van der Waals surface area contributed by atoms with Crippen molar-refractivity contribution in [2.24, 2.45) is 29.1 Å². The molecule has 0 radical (unpaired) electrons. The van der Waals surface area contributed by atoms with Gasteiger partial charge in [-0.2, -0.15) is 0 Å². The van der Waals surface area contributed by atoms with Crippen LogP contribution in [0.3, 0.4) is 0 Å². The molecule has 0 aliphatic heterocycles. The molecule has 5 rings (SSSR count). The molecule has 1 aromatic heterocycles. The van der Waals surface area contributed by atoms with Crippen molar-refractivity contribution in [2.75, 3.05) is 18.9 Å². The summed E-state index contributed by atoms with van der Waals surface area (Å²) in [5, 5.41) is 21.0. The van der Waals surface area contributed by atoms with E-state index >= 15 is 0 Å². The monoisotopic (exact) mass is 493 g/mol. The molecule has 1 heterocycles. The van der Waals surface area contributed by atoms with E-state index in [1.54, 1.807) is 0 Å². The standard InChI is InChI=1S/C25H39N3O5S/c1-6-26-23(30)24(4,5)13-32-22-20(34-12-14(2)3)19(33-28-22)21(29)27-18-16-7-15-8-17(18)11-25(31,9-15)10-16/h14-18,31H,6-13H2,1-5H3,(H,26,30)(H,27,29). The van der Waals surface area contributed by atoms with E-state index in [0.29, 0.717) is 35.1 Å². The van der Waals surface area contributed by atoms with Crippen LogP contribution in [-0.4, -0.2) is 52.6 Å². The number of ether oxygens (including phenoxy) is 1. The highest BCUT2D eigenvalue weighted by molar-refractivity contribution is 7.99. The van der Waals surface area contributed by atoms with Gasteiger partial charge in [0.05, 0.1) is 11.0 Å². The highest BCUT2D eigenvalue weighted by atomic mass is 32.2. The Kier molecular flexibility index (Phi) is 7.25. The molecule has 190 valence electrons. The average Bonchev–Trinajstić information content (AvgIpc) is 3.15. The SMILES string of the molecule is CCNC(=O)C(C)(C)COc1noc(C(=O)NC2C3CC4CC2CC(O)(C4)C3)c1SCC(C)C.